The number of fused-ring (bicyclic) bond motifs is 1. The Balaban J connectivity index is 1.31. The fourth-order valence-electron chi connectivity index (χ4n) is 7.56. The van der Waals surface area contributed by atoms with Gasteiger partial charge in [-0.2, -0.15) is 0 Å². The lowest BCUT2D eigenvalue weighted by Gasteiger charge is -2.56. The molecule has 1 N–H and O–H groups in total. The second-order valence-corrected chi connectivity index (χ2v) is 12.3. The quantitative estimate of drug-likeness (QED) is 0.704. The Kier molecular flexibility index (Phi) is 5.62. The Labute approximate surface area is 198 Å². The number of hydrogen-bond donors (Lipinski definition) is 1. The maximum Gasteiger partial charge on any atom is 0.253 e. The van der Waals surface area contributed by atoms with Gasteiger partial charge in [-0.3, -0.25) is 13.9 Å². The number of benzene rings is 1. The van der Waals surface area contributed by atoms with E-state index < -0.39 is 10.8 Å². The number of morpholine rings is 1. The average molecular weight is 470 g/mol. The van der Waals surface area contributed by atoms with Crippen molar-refractivity contribution in [3.8, 4) is 0 Å². The second kappa shape index (κ2) is 8.51. The Morgan fingerprint density at radius 2 is 1.76 bits per heavy atom. The lowest BCUT2D eigenvalue weighted by molar-refractivity contribution is -0.0166. The number of carbonyl (C=O) groups excluding carboxylic acids is 1. The molecule has 0 radical (unpaired) electrons. The summed E-state index contributed by atoms with van der Waals surface area (Å²) in [6, 6.07) is 5.89. The summed E-state index contributed by atoms with van der Waals surface area (Å²) in [6.07, 6.45) is 11.3. The molecule has 1 aliphatic heterocycles. The van der Waals surface area contributed by atoms with Gasteiger partial charge in [0.1, 0.15) is 0 Å². The van der Waals surface area contributed by atoms with Gasteiger partial charge in [-0.15, -0.1) is 0 Å². The van der Waals surface area contributed by atoms with Crippen molar-refractivity contribution in [2.75, 3.05) is 39.1 Å². The fourth-order valence-corrected chi connectivity index (χ4v) is 8.33. The van der Waals surface area contributed by atoms with Crippen molar-refractivity contribution in [1.82, 2.24) is 14.8 Å². The number of hydrogen-bond acceptors (Lipinski definition) is 4. The molecular weight excluding hydrogens is 434 g/mol. The van der Waals surface area contributed by atoms with Crippen LogP contribution in [0.15, 0.2) is 29.3 Å². The number of aromatic nitrogens is 1. The van der Waals surface area contributed by atoms with Gasteiger partial charge < -0.3 is 14.6 Å². The number of para-hydroxylation sites is 1. The number of rotatable bonds is 6. The normalized spacial score (nSPS) is 32.3. The van der Waals surface area contributed by atoms with Gasteiger partial charge >= 0.3 is 0 Å². The number of ether oxygens (including phenoxy) is 1. The maximum atomic E-state index is 13.7. The molecule has 2 aromatic rings. The predicted octanol–water partition coefficient (Wildman–Crippen LogP) is 3.41. The van der Waals surface area contributed by atoms with Crippen molar-refractivity contribution in [1.29, 1.82) is 0 Å². The van der Waals surface area contributed by atoms with Crippen LogP contribution in [-0.2, 0) is 22.1 Å². The summed E-state index contributed by atoms with van der Waals surface area (Å²) in [5, 5.41) is 4.47. The molecule has 1 atom stereocenters. The average Bonchev–Trinajstić information content (AvgIpc) is 3.16. The van der Waals surface area contributed by atoms with E-state index in [9.17, 15) is 9.00 Å². The summed E-state index contributed by atoms with van der Waals surface area (Å²) in [4.78, 5) is 16.9. The van der Waals surface area contributed by atoms with Crippen molar-refractivity contribution >= 4 is 27.6 Å². The standard InChI is InChI=1S/C26H35N3O3S/c1-33(31)23-4-2-3-21-22(17-29(24(21)23)6-5-28-7-9-32-10-8-28)25(30)27-26-14-18-11-19(15-26)13-20(12-18)16-26/h2-4,17-20H,5-16H2,1H3,(H,27,30). The first-order valence-corrected chi connectivity index (χ1v) is 14.1. The lowest BCUT2D eigenvalue weighted by Crippen LogP contribution is -2.59. The molecule has 1 aromatic heterocycles. The number of amides is 1. The third-order valence-electron chi connectivity index (χ3n) is 8.59. The van der Waals surface area contributed by atoms with Crippen LogP contribution in [0.5, 0.6) is 0 Å². The van der Waals surface area contributed by atoms with Gasteiger partial charge in [-0.1, -0.05) is 12.1 Å². The lowest BCUT2D eigenvalue weighted by atomic mass is 9.53. The zero-order valence-electron chi connectivity index (χ0n) is 19.6. The van der Waals surface area contributed by atoms with Crippen LogP contribution in [0.1, 0.15) is 48.9 Å². The van der Waals surface area contributed by atoms with E-state index in [1.165, 1.54) is 19.3 Å². The number of carbonyl (C=O) groups is 1. The highest BCUT2D eigenvalue weighted by molar-refractivity contribution is 7.84. The molecule has 6 nitrogen and oxygen atoms in total. The molecule has 33 heavy (non-hydrogen) atoms. The summed E-state index contributed by atoms with van der Waals surface area (Å²) >= 11 is 0. The molecule has 1 amide bonds. The van der Waals surface area contributed by atoms with Crippen LogP contribution in [0.2, 0.25) is 0 Å². The minimum Gasteiger partial charge on any atom is -0.379 e. The van der Waals surface area contributed by atoms with Gasteiger partial charge in [0.05, 0.1) is 40.0 Å². The molecule has 4 saturated carbocycles. The fraction of sp³-hybridized carbons (Fsp3) is 0.654. The molecule has 0 spiro atoms. The van der Waals surface area contributed by atoms with Crippen molar-refractivity contribution in [3.63, 3.8) is 0 Å². The highest BCUT2D eigenvalue weighted by Crippen LogP contribution is 2.55. The highest BCUT2D eigenvalue weighted by Gasteiger charge is 2.51. The molecule has 4 aliphatic carbocycles. The third kappa shape index (κ3) is 4.06. The zero-order chi connectivity index (χ0) is 22.6. The molecule has 5 aliphatic rings. The first-order valence-electron chi connectivity index (χ1n) is 12.6. The van der Waals surface area contributed by atoms with Crippen molar-refractivity contribution in [2.24, 2.45) is 17.8 Å². The van der Waals surface area contributed by atoms with Crippen LogP contribution in [0, 0.1) is 17.8 Å². The van der Waals surface area contributed by atoms with E-state index in [0.717, 1.165) is 97.8 Å². The second-order valence-electron chi connectivity index (χ2n) is 10.9. The molecular formula is C26H35N3O3S. The van der Waals surface area contributed by atoms with Crippen molar-refractivity contribution < 1.29 is 13.7 Å². The van der Waals surface area contributed by atoms with E-state index in [1.807, 2.05) is 24.4 Å². The Morgan fingerprint density at radius 3 is 2.39 bits per heavy atom. The van der Waals surface area contributed by atoms with E-state index >= 15 is 0 Å². The van der Waals surface area contributed by atoms with E-state index in [2.05, 4.69) is 14.8 Å². The van der Waals surface area contributed by atoms with Gasteiger partial charge in [-0.25, -0.2) is 0 Å². The zero-order valence-corrected chi connectivity index (χ0v) is 20.4. The topological polar surface area (TPSA) is 63.6 Å². The highest BCUT2D eigenvalue weighted by atomic mass is 32.2. The minimum absolute atomic E-state index is 0.0146. The SMILES string of the molecule is CS(=O)c1cccc2c(C(=O)NC34CC5CC(CC(C5)C3)C4)cn(CCN3CCOCC3)c12. The van der Waals surface area contributed by atoms with Gasteiger partial charge in [0.25, 0.3) is 5.91 Å². The molecule has 1 unspecified atom stereocenters. The molecule has 7 heteroatoms. The molecule has 2 heterocycles. The first-order chi connectivity index (χ1) is 16.0. The molecule has 1 aromatic carbocycles. The van der Waals surface area contributed by atoms with Gasteiger partial charge in [0, 0.05) is 49.6 Å². The van der Waals surface area contributed by atoms with Crippen LogP contribution >= 0.6 is 0 Å². The van der Waals surface area contributed by atoms with E-state index in [0.29, 0.717) is 0 Å². The van der Waals surface area contributed by atoms with E-state index in [1.54, 1.807) is 6.26 Å². The molecule has 4 bridgehead atoms. The first kappa shape index (κ1) is 21.8. The maximum absolute atomic E-state index is 13.7. The molecule has 5 fully saturated rings. The van der Waals surface area contributed by atoms with Crippen molar-refractivity contribution in [3.05, 3.63) is 30.0 Å². The van der Waals surface area contributed by atoms with Gasteiger partial charge in [0.15, 0.2) is 0 Å². The summed E-state index contributed by atoms with van der Waals surface area (Å²) in [6.45, 7) is 5.09. The summed E-state index contributed by atoms with van der Waals surface area (Å²) in [7, 11) is -1.12. The molecule has 1 saturated heterocycles. The van der Waals surface area contributed by atoms with E-state index in [-0.39, 0.29) is 11.4 Å². The minimum atomic E-state index is -1.12. The number of nitrogens with zero attached hydrogens (tertiary/aromatic N) is 2. The van der Waals surface area contributed by atoms with Crippen LogP contribution in [-0.4, -0.2) is 64.2 Å². The predicted molar refractivity (Wildman–Crippen MR) is 130 cm³/mol. The smallest absolute Gasteiger partial charge is 0.253 e. The van der Waals surface area contributed by atoms with Gasteiger partial charge in [-0.05, 0) is 62.3 Å². The summed E-state index contributed by atoms with van der Waals surface area (Å²) in [5.41, 5.74) is 1.66. The Hall–Kier alpha value is -1.70. The van der Waals surface area contributed by atoms with E-state index in [4.69, 9.17) is 4.74 Å². The van der Waals surface area contributed by atoms with Gasteiger partial charge in [0.2, 0.25) is 0 Å². The monoisotopic (exact) mass is 469 g/mol. The Bertz CT molecular complexity index is 1050. The summed E-state index contributed by atoms with van der Waals surface area (Å²) in [5.74, 6) is 2.42. The van der Waals surface area contributed by atoms with Crippen LogP contribution < -0.4 is 5.32 Å². The molecule has 7 rings (SSSR count). The van der Waals surface area contributed by atoms with Crippen molar-refractivity contribution in [2.45, 2.75) is 55.5 Å². The third-order valence-corrected chi connectivity index (χ3v) is 9.54. The van der Waals surface area contributed by atoms with Crippen LogP contribution in [0.4, 0.5) is 0 Å². The Morgan fingerprint density at radius 1 is 1.09 bits per heavy atom. The number of nitrogens with one attached hydrogen (secondary N) is 1. The van der Waals surface area contributed by atoms with Crippen LogP contribution in [0.3, 0.4) is 0 Å². The summed E-state index contributed by atoms with van der Waals surface area (Å²) < 4.78 is 20.2. The largest absolute Gasteiger partial charge is 0.379 e. The van der Waals surface area contributed by atoms with Crippen LogP contribution in [0.25, 0.3) is 10.9 Å². The molecule has 178 valence electrons.